The molecule has 3 aliphatic heterocycles. The maximum atomic E-state index is 13.6. The van der Waals surface area contributed by atoms with Crippen LogP contribution in [-0.4, -0.2) is 97.9 Å². The van der Waals surface area contributed by atoms with Gasteiger partial charge in [-0.2, -0.15) is 0 Å². The van der Waals surface area contributed by atoms with Crippen LogP contribution in [0.4, 0.5) is 11.6 Å². The van der Waals surface area contributed by atoms with Crippen molar-refractivity contribution in [2.45, 2.75) is 55.6 Å². The number of β-amino-alcohol motifs (C(OH)–C–C–N with tert-alkyl or cyclic N) is 1. The fraction of sp³-hybridized carbons (Fsp3) is 0.483. The van der Waals surface area contributed by atoms with E-state index < -0.39 is 6.10 Å². The Hall–Kier alpha value is -3.28. The van der Waals surface area contributed by atoms with Gasteiger partial charge in [0.25, 0.3) is 5.91 Å². The molecule has 0 unspecified atom stereocenters. The molecule has 1 amide bonds. The molecule has 5 heterocycles. The zero-order chi connectivity index (χ0) is 27.5. The molecular formula is C29H36N8O2S. The molecule has 11 heteroatoms. The minimum atomic E-state index is -0.595. The molecular weight excluding hydrogens is 524 g/mol. The Morgan fingerprint density at radius 1 is 1.05 bits per heavy atom. The van der Waals surface area contributed by atoms with Gasteiger partial charge < -0.3 is 20.2 Å². The summed E-state index contributed by atoms with van der Waals surface area (Å²) < 4.78 is 0. The van der Waals surface area contributed by atoms with Crippen molar-refractivity contribution in [1.29, 1.82) is 0 Å². The van der Waals surface area contributed by atoms with Crippen LogP contribution in [0.2, 0.25) is 0 Å². The summed E-state index contributed by atoms with van der Waals surface area (Å²) in [5.74, 6) is 1.47. The van der Waals surface area contributed by atoms with Crippen LogP contribution in [0.3, 0.4) is 0 Å². The number of piperidine rings is 2. The number of likely N-dealkylation sites (tertiary alicyclic amines) is 1. The van der Waals surface area contributed by atoms with Crippen molar-refractivity contribution in [3.05, 3.63) is 65.7 Å². The molecule has 2 saturated heterocycles. The molecule has 0 bridgehead atoms. The monoisotopic (exact) mass is 560 g/mol. The number of aliphatic hydroxyl groups excluding tert-OH is 1. The third-order valence-electron chi connectivity index (χ3n) is 8.31. The van der Waals surface area contributed by atoms with Crippen molar-refractivity contribution in [2.24, 2.45) is 0 Å². The number of nitrogens with one attached hydrogen (secondary N) is 1. The van der Waals surface area contributed by atoms with Crippen molar-refractivity contribution >= 4 is 29.3 Å². The van der Waals surface area contributed by atoms with Crippen LogP contribution in [-0.2, 0) is 13.0 Å². The second-order valence-electron chi connectivity index (χ2n) is 10.8. The van der Waals surface area contributed by atoms with Gasteiger partial charge in [-0.05, 0) is 49.1 Å². The third-order valence-corrected chi connectivity index (χ3v) is 8.86. The fourth-order valence-electron chi connectivity index (χ4n) is 6.13. The van der Waals surface area contributed by atoms with Crippen LogP contribution in [0.1, 0.15) is 40.9 Å². The number of thioether (sulfide) groups is 1. The van der Waals surface area contributed by atoms with E-state index in [1.807, 2.05) is 12.3 Å². The normalized spacial score (nSPS) is 22.1. The average molecular weight is 561 g/mol. The number of carbonyl (C=O) groups is 1. The summed E-state index contributed by atoms with van der Waals surface area (Å²) in [6.45, 7) is 4.46. The number of benzene rings is 1. The molecule has 0 saturated carbocycles. The summed E-state index contributed by atoms with van der Waals surface area (Å²) in [4.78, 5) is 37.5. The highest BCUT2D eigenvalue weighted by Gasteiger charge is 2.36. The van der Waals surface area contributed by atoms with Crippen LogP contribution in [0, 0.1) is 0 Å². The highest BCUT2D eigenvalue weighted by molar-refractivity contribution is 7.98. The molecule has 10 nitrogen and oxygen atoms in total. The van der Waals surface area contributed by atoms with Gasteiger partial charge in [-0.15, -0.1) is 0 Å². The van der Waals surface area contributed by atoms with E-state index in [-0.39, 0.29) is 18.0 Å². The molecule has 0 radical (unpaired) electrons. The summed E-state index contributed by atoms with van der Waals surface area (Å²) >= 11 is 1.42. The molecule has 0 aliphatic carbocycles. The standard InChI is InChI=1S/C29H36N8O2S/c1-40-29-33-23(16-26(34-29)32-22-8-13-35(14-9-22)27-6-11-30-19-31-27)28(39)37-15-10-24(25(38)18-37)36-12-7-20-4-2-3-5-21(20)17-36/h2-6,11,16,19,22,24-25,38H,7-10,12-15,17-18H2,1H3,(H,32,33,34)/t24-,25-/m1/s1. The number of hydrogen-bond acceptors (Lipinski definition) is 10. The Kier molecular flexibility index (Phi) is 8.12. The molecule has 3 aromatic rings. The maximum absolute atomic E-state index is 13.6. The molecule has 2 atom stereocenters. The summed E-state index contributed by atoms with van der Waals surface area (Å²) in [5, 5.41) is 15.2. The highest BCUT2D eigenvalue weighted by Crippen LogP contribution is 2.27. The third kappa shape index (κ3) is 5.91. The maximum Gasteiger partial charge on any atom is 0.272 e. The van der Waals surface area contributed by atoms with Crippen molar-refractivity contribution in [3.8, 4) is 0 Å². The Labute approximate surface area is 239 Å². The SMILES string of the molecule is CSc1nc(NC2CCN(c3ccncn3)CC2)cc(C(=O)N2CC[C@@H](N3CCc4ccccc4C3)[C@H](O)C2)n1. The van der Waals surface area contributed by atoms with E-state index in [1.54, 1.807) is 23.5 Å². The van der Waals surface area contributed by atoms with E-state index >= 15 is 0 Å². The van der Waals surface area contributed by atoms with E-state index in [9.17, 15) is 9.90 Å². The van der Waals surface area contributed by atoms with Gasteiger partial charge in [0, 0.05) is 63.6 Å². The summed E-state index contributed by atoms with van der Waals surface area (Å²) in [5.41, 5.74) is 3.11. The van der Waals surface area contributed by atoms with E-state index in [2.05, 4.69) is 59.3 Å². The largest absolute Gasteiger partial charge is 0.390 e. The Morgan fingerprint density at radius 3 is 2.62 bits per heavy atom. The Bertz CT molecular complexity index is 1320. The second-order valence-corrected chi connectivity index (χ2v) is 11.5. The lowest BCUT2D eigenvalue weighted by molar-refractivity contribution is -0.0139. The zero-order valence-corrected chi connectivity index (χ0v) is 23.6. The van der Waals surface area contributed by atoms with Gasteiger partial charge in [-0.25, -0.2) is 19.9 Å². The lowest BCUT2D eigenvalue weighted by atomic mass is 9.94. The van der Waals surface area contributed by atoms with Gasteiger partial charge in [0.15, 0.2) is 5.16 Å². The lowest BCUT2D eigenvalue weighted by Gasteiger charge is -2.43. The number of aliphatic hydroxyl groups is 1. The highest BCUT2D eigenvalue weighted by atomic mass is 32.2. The topological polar surface area (TPSA) is 111 Å². The van der Waals surface area contributed by atoms with Crippen LogP contribution in [0.15, 0.2) is 54.1 Å². The van der Waals surface area contributed by atoms with Crippen molar-refractivity contribution in [1.82, 2.24) is 29.7 Å². The molecule has 6 rings (SSSR count). The van der Waals surface area contributed by atoms with E-state index in [0.29, 0.717) is 29.8 Å². The van der Waals surface area contributed by atoms with Crippen molar-refractivity contribution < 1.29 is 9.90 Å². The van der Waals surface area contributed by atoms with Crippen LogP contribution < -0.4 is 10.2 Å². The lowest BCUT2D eigenvalue weighted by Crippen LogP contribution is -2.56. The fourth-order valence-corrected chi connectivity index (χ4v) is 6.50. The van der Waals surface area contributed by atoms with Crippen LogP contribution >= 0.6 is 11.8 Å². The molecule has 1 aromatic carbocycles. The number of rotatable bonds is 6. The van der Waals surface area contributed by atoms with Gasteiger partial charge in [0.05, 0.1) is 6.10 Å². The molecule has 2 N–H and O–H groups in total. The number of hydrogen-bond donors (Lipinski definition) is 2. The molecule has 3 aliphatic rings. The van der Waals surface area contributed by atoms with Crippen molar-refractivity contribution in [3.63, 3.8) is 0 Å². The summed E-state index contributed by atoms with van der Waals surface area (Å²) in [7, 11) is 0. The minimum Gasteiger partial charge on any atom is -0.390 e. The van der Waals surface area contributed by atoms with Crippen LogP contribution in [0.25, 0.3) is 0 Å². The number of nitrogens with zero attached hydrogens (tertiary/aromatic N) is 7. The first-order chi connectivity index (χ1) is 19.6. The minimum absolute atomic E-state index is 0.0509. The van der Waals surface area contributed by atoms with Gasteiger partial charge in [-0.1, -0.05) is 36.0 Å². The van der Waals surface area contributed by atoms with Crippen molar-refractivity contribution in [2.75, 3.05) is 49.2 Å². The first-order valence-electron chi connectivity index (χ1n) is 14.1. The molecule has 2 aromatic heterocycles. The summed E-state index contributed by atoms with van der Waals surface area (Å²) in [6, 6.07) is 12.5. The average Bonchev–Trinajstić information content (AvgIpc) is 3.01. The number of carbonyl (C=O) groups excluding carboxylic acids is 1. The summed E-state index contributed by atoms with van der Waals surface area (Å²) in [6.07, 6.45) is 8.28. The number of anilines is 2. The van der Waals surface area contributed by atoms with Gasteiger partial charge >= 0.3 is 0 Å². The van der Waals surface area contributed by atoms with Gasteiger partial charge in [0.2, 0.25) is 0 Å². The molecule has 0 spiro atoms. The predicted octanol–water partition coefficient (Wildman–Crippen LogP) is 2.70. The van der Waals surface area contributed by atoms with E-state index in [4.69, 9.17) is 0 Å². The second kappa shape index (κ2) is 12.1. The number of fused-ring (bicyclic) bond motifs is 1. The van der Waals surface area contributed by atoms with Crippen LogP contribution in [0.5, 0.6) is 0 Å². The predicted molar refractivity (Wildman–Crippen MR) is 156 cm³/mol. The molecule has 2 fully saturated rings. The van der Waals surface area contributed by atoms with Gasteiger partial charge in [0.1, 0.15) is 23.7 Å². The Balaban J connectivity index is 1.08. The molecule has 40 heavy (non-hydrogen) atoms. The number of amides is 1. The first-order valence-corrected chi connectivity index (χ1v) is 15.3. The Morgan fingerprint density at radius 2 is 1.88 bits per heavy atom. The first kappa shape index (κ1) is 26.9. The van der Waals surface area contributed by atoms with E-state index in [0.717, 1.165) is 57.7 Å². The zero-order valence-electron chi connectivity index (χ0n) is 22.8. The van der Waals surface area contributed by atoms with Gasteiger partial charge in [-0.3, -0.25) is 9.69 Å². The molecule has 210 valence electrons. The number of aromatic nitrogens is 4. The van der Waals surface area contributed by atoms with E-state index in [1.165, 1.54) is 22.9 Å². The smallest absolute Gasteiger partial charge is 0.272 e. The quantitative estimate of drug-likeness (QED) is 0.345.